The number of carbonyl (C=O) groups excluding carboxylic acids is 1. The number of carbonyl (C=O) groups is 1. The molecule has 0 saturated heterocycles. The summed E-state index contributed by atoms with van der Waals surface area (Å²) in [6.45, 7) is 1.04. The lowest BCUT2D eigenvalue weighted by atomic mass is 10.2. The van der Waals surface area contributed by atoms with Gasteiger partial charge in [0.25, 0.3) is 0 Å². The van der Waals surface area contributed by atoms with Crippen molar-refractivity contribution >= 4 is 29.2 Å². The average Bonchev–Trinajstić information content (AvgIpc) is 2.75. The van der Waals surface area contributed by atoms with Gasteiger partial charge < -0.3 is 15.0 Å². The van der Waals surface area contributed by atoms with Crippen molar-refractivity contribution in [2.24, 2.45) is 0 Å². The molecule has 0 saturated carbocycles. The fourth-order valence-corrected chi connectivity index (χ4v) is 2.67. The zero-order valence-corrected chi connectivity index (χ0v) is 16.5. The molecule has 1 N–H and O–H groups in total. The second kappa shape index (κ2) is 9.75. The van der Waals surface area contributed by atoms with Gasteiger partial charge in [-0.1, -0.05) is 18.2 Å². The largest absolute Gasteiger partial charge is 0.383 e. The molecule has 3 rings (SSSR count). The first-order valence-corrected chi connectivity index (χ1v) is 9.14. The highest BCUT2D eigenvalue weighted by Gasteiger charge is 2.22. The van der Waals surface area contributed by atoms with Crippen LogP contribution in [-0.2, 0) is 4.74 Å². The van der Waals surface area contributed by atoms with E-state index in [1.165, 1.54) is 11.1 Å². The highest BCUT2D eigenvalue weighted by Crippen LogP contribution is 2.26. The Morgan fingerprint density at radius 2 is 1.90 bits per heavy atom. The van der Waals surface area contributed by atoms with Crippen molar-refractivity contribution in [3.63, 3.8) is 0 Å². The predicted molar refractivity (Wildman–Crippen MR) is 111 cm³/mol. The highest BCUT2D eigenvalue weighted by atomic mass is 19.1. The number of urea groups is 1. The van der Waals surface area contributed by atoms with Crippen LogP contribution in [0.2, 0.25) is 0 Å². The van der Waals surface area contributed by atoms with Crippen LogP contribution in [0.15, 0.2) is 60.8 Å². The highest BCUT2D eigenvalue weighted by molar-refractivity contribution is 6.06. The summed E-state index contributed by atoms with van der Waals surface area (Å²) in [5, 5.41) is 2.47. The first-order valence-electron chi connectivity index (χ1n) is 9.14. The maximum Gasteiger partial charge on any atom is 0.332 e. The Morgan fingerprint density at radius 3 is 2.60 bits per heavy atom. The fourth-order valence-electron chi connectivity index (χ4n) is 2.67. The van der Waals surface area contributed by atoms with Crippen LogP contribution in [0.1, 0.15) is 0 Å². The number of likely N-dealkylation sites (N-methyl/N-ethyl adjacent to an activating group) is 1. The smallest absolute Gasteiger partial charge is 0.332 e. The van der Waals surface area contributed by atoms with Crippen molar-refractivity contribution in [1.82, 2.24) is 9.97 Å². The summed E-state index contributed by atoms with van der Waals surface area (Å²) in [6.07, 6.45) is 1.53. The van der Waals surface area contributed by atoms with Crippen molar-refractivity contribution in [2.75, 3.05) is 42.4 Å². The van der Waals surface area contributed by atoms with Gasteiger partial charge in [0.05, 0.1) is 18.0 Å². The van der Waals surface area contributed by atoms with Crippen LogP contribution in [0.4, 0.5) is 36.7 Å². The van der Waals surface area contributed by atoms with E-state index in [4.69, 9.17) is 4.74 Å². The van der Waals surface area contributed by atoms with Crippen molar-refractivity contribution in [3.8, 4) is 0 Å². The van der Waals surface area contributed by atoms with Gasteiger partial charge in [-0.3, -0.25) is 0 Å². The number of hydrogen-bond donors (Lipinski definition) is 1. The van der Waals surface area contributed by atoms with E-state index in [1.54, 1.807) is 49.4 Å². The SMILES string of the molecule is COCCN(C)c1nccc(N(C(=O)Nc2ccc(F)cc2F)c2ccccc2)n1. The van der Waals surface area contributed by atoms with Gasteiger partial charge in [0.15, 0.2) is 0 Å². The third kappa shape index (κ3) is 5.06. The van der Waals surface area contributed by atoms with E-state index in [0.717, 1.165) is 12.1 Å². The first-order chi connectivity index (χ1) is 14.5. The number of methoxy groups -OCH3 is 1. The molecule has 0 fully saturated rings. The van der Waals surface area contributed by atoms with Crippen LogP contribution in [0.25, 0.3) is 0 Å². The molecule has 7 nitrogen and oxygen atoms in total. The maximum absolute atomic E-state index is 14.1. The quantitative estimate of drug-likeness (QED) is 0.628. The second-order valence-corrected chi connectivity index (χ2v) is 6.35. The van der Waals surface area contributed by atoms with Gasteiger partial charge in [0.1, 0.15) is 17.5 Å². The molecule has 1 aromatic heterocycles. The summed E-state index contributed by atoms with van der Waals surface area (Å²) in [4.78, 5) is 24.8. The van der Waals surface area contributed by atoms with Crippen LogP contribution >= 0.6 is 0 Å². The Morgan fingerprint density at radius 1 is 1.13 bits per heavy atom. The van der Waals surface area contributed by atoms with Crippen LogP contribution in [-0.4, -0.2) is 43.3 Å². The summed E-state index contributed by atoms with van der Waals surface area (Å²) >= 11 is 0. The van der Waals surface area contributed by atoms with Crippen molar-refractivity contribution in [3.05, 3.63) is 72.4 Å². The Kier molecular flexibility index (Phi) is 6.87. The predicted octanol–water partition coefficient (Wildman–Crippen LogP) is 4.21. The summed E-state index contributed by atoms with van der Waals surface area (Å²) in [5.74, 6) is -0.925. The van der Waals surface area contributed by atoms with Crippen LogP contribution in [0, 0.1) is 11.6 Å². The van der Waals surface area contributed by atoms with Gasteiger partial charge in [0, 0.05) is 39.0 Å². The minimum absolute atomic E-state index is 0.145. The molecule has 0 unspecified atom stereocenters. The normalized spacial score (nSPS) is 10.5. The molecule has 0 atom stereocenters. The minimum Gasteiger partial charge on any atom is -0.383 e. The number of nitrogens with one attached hydrogen (secondary N) is 1. The molecule has 2 aromatic carbocycles. The number of ether oxygens (including phenoxy) is 1. The molecule has 0 aliphatic rings. The molecule has 9 heteroatoms. The van der Waals surface area contributed by atoms with Gasteiger partial charge in [-0.25, -0.2) is 23.5 Å². The number of hydrogen-bond acceptors (Lipinski definition) is 5. The minimum atomic E-state index is -0.876. The molecule has 0 aliphatic heterocycles. The van der Waals surface area contributed by atoms with E-state index in [1.807, 2.05) is 6.07 Å². The number of halogens is 2. The monoisotopic (exact) mass is 413 g/mol. The number of benzene rings is 2. The van der Waals surface area contributed by atoms with Crippen LogP contribution in [0.3, 0.4) is 0 Å². The Bertz CT molecular complexity index is 1000. The fraction of sp³-hybridized carbons (Fsp3) is 0.190. The third-order valence-electron chi connectivity index (χ3n) is 4.22. The summed E-state index contributed by atoms with van der Waals surface area (Å²) in [6, 6.07) is 12.6. The molecule has 3 aromatic rings. The van der Waals surface area contributed by atoms with Gasteiger partial charge in [-0.2, -0.15) is 4.98 Å². The van der Waals surface area contributed by atoms with Gasteiger partial charge in [-0.15, -0.1) is 0 Å². The van der Waals surface area contributed by atoms with Crippen molar-refractivity contribution in [2.45, 2.75) is 0 Å². The van der Waals surface area contributed by atoms with E-state index in [9.17, 15) is 13.6 Å². The van der Waals surface area contributed by atoms with Gasteiger partial charge in [-0.05, 0) is 24.3 Å². The molecule has 0 bridgehead atoms. The number of anilines is 4. The molecule has 0 aliphatic carbocycles. The number of amides is 2. The Balaban J connectivity index is 1.95. The zero-order valence-electron chi connectivity index (χ0n) is 16.5. The number of rotatable bonds is 7. The number of aromatic nitrogens is 2. The number of nitrogens with zero attached hydrogens (tertiary/aromatic N) is 4. The molecule has 30 heavy (non-hydrogen) atoms. The molecular formula is C21H21F2N5O2. The molecule has 1 heterocycles. The third-order valence-corrected chi connectivity index (χ3v) is 4.22. The first kappa shape index (κ1) is 21.1. The van der Waals surface area contributed by atoms with E-state index in [0.29, 0.717) is 30.9 Å². The molecule has 0 radical (unpaired) electrons. The zero-order chi connectivity index (χ0) is 21.5. The summed E-state index contributed by atoms with van der Waals surface area (Å²) in [7, 11) is 3.40. The second-order valence-electron chi connectivity index (χ2n) is 6.35. The standard InChI is InChI=1S/C21H21F2N5O2/c1-27(12-13-30-2)20-24-11-10-19(26-20)28(16-6-4-3-5-7-16)21(29)25-18-9-8-15(22)14-17(18)23/h3-11,14H,12-13H2,1-2H3,(H,25,29). The maximum atomic E-state index is 14.1. The lowest BCUT2D eigenvalue weighted by Gasteiger charge is -2.24. The van der Waals surface area contributed by atoms with Gasteiger partial charge >= 0.3 is 6.03 Å². The van der Waals surface area contributed by atoms with E-state index in [-0.39, 0.29) is 11.5 Å². The van der Waals surface area contributed by atoms with Crippen LogP contribution < -0.4 is 15.1 Å². The van der Waals surface area contributed by atoms with Crippen molar-refractivity contribution < 1.29 is 18.3 Å². The molecule has 156 valence electrons. The summed E-state index contributed by atoms with van der Waals surface area (Å²) < 4.78 is 32.3. The topological polar surface area (TPSA) is 70.6 Å². The van der Waals surface area contributed by atoms with Gasteiger partial charge in [0.2, 0.25) is 5.95 Å². The summed E-state index contributed by atoms with van der Waals surface area (Å²) in [5.41, 5.74) is 0.371. The van der Waals surface area contributed by atoms with Crippen molar-refractivity contribution in [1.29, 1.82) is 0 Å². The lowest BCUT2D eigenvalue weighted by molar-refractivity contribution is 0.206. The van der Waals surface area contributed by atoms with E-state index < -0.39 is 17.7 Å². The van der Waals surface area contributed by atoms with E-state index in [2.05, 4.69) is 15.3 Å². The number of para-hydroxylation sites is 1. The van der Waals surface area contributed by atoms with E-state index >= 15 is 0 Å². The molecule has 2 amide bonds. The Labute approximate surface area is 172 Å². The lowest BCUT2D eigenvalue weighted by Crippen LogP contribution is -2.32. The average molecular weight is 413 g/mol. The van der Waals surface area contributed by atoms with Crippen LogP contribution in [0.5, 0.6) is 0 Å². The molecule has 0 spiro atoms. The molecular weight excluding hydrogens is 392 g/mol. The Hall–Kier alpha value is -3.59.